The van der Waals surface area contributed by atoms with Crippen LogP contribution in [-0.2, 0) is 0 Å². The van der Waals surface area contributed by atoms with Crippen LogP contribution in [0.4, 0.5) is 0 Å². The predicted octanol–water partition coefficient (Wildman–Crippen LogP) is 4.64. The summed E-state index contributed by atoms with van der Waals surface area (Å²) in [5.74, 6) is 1.91. The van der Waals surface area contributed by atoms with Gasteiger partial charge in [-0.25, -0.2) is 0 Å². The second kappa shape index (κ2) is 4.48. The van der Waals surface area contributed by atoms with Crippen molar-refractivity contribution in [3.8, 4) is 0 Å². The van der Waals surface area contributed by atoms with Gasteiger partial charge in [0.05, 0.1) is 0 Å². The molecule has 1 aliphatic rings. The van der Waals surface area contributed by atoms with Crippen molar-refractivity contribution >= 4 is 0 Å². The molecule has 0 aromatic heterocycles. The van der Waals surface area contributed by atoms with Gasteiger partial charge in [-0.1, -0.05) is 47.0 Å². The molecule has 1 saturated carbocycles. The molecule has 0 spiro atoms. The van der Waals surface area contributed by atoms with E-state index >= 15 is 0 Å². The Labute approximate surface area is 84.1 Å². The summed E-state index contributed by atoms with van der Waals surface area (Å²) in [7, 11) is 0. The van der Waals surface area contributed by atoms with Gasteiger partial charge in [-0.3, -0.25) is 0 Å². The van der Waals surface area contributed by atoms with Crippen LogP contribution in [-0.4, -0.2) is 0 Å². The second-order valence-electron chi connectivity index (χ2n) is 5.42. The molecule has 2 atom stereocenters. The molecule has 2 unspecified atom stereocenters. The first kappa shape index (κ1) is 11.1. The normalized spacial score (nSPS) is 24.9. The maximum Gasteiger partial charge on any atom is -0.0323 e. The van der Waals surface area contributed by atoms with Gasteiger partial charge in [0.2, 0.25) is 0 Å². The Balaban J connectivity index is 2.38. The predicted molar refractivity (Wildman–Crippen MR) is 59.8 cm³/mol. The fourth-order valence-corrected chi connectivity index (χ4v) is 2.70. The molecule has 1 fully saturated rings. The summed E-state index contributed by atoms with van der Waals surface area (Å²) in [4.78, 5) is 0. The minimum absolute atomic E-state index is 0.726. The van der Waals surface area contributed by atoms with Crippen LogP contribution in [0.1, 0.15) is 66.2 Å². The van der Waals surface area contributed by atoms with E-state index in [1.165, 1.54) is 38.5 Å². The summed E-state index contributed by atoms with van der Waals surface area (Å²) < 4.78 is 0. The topological polar surface area (TPSA) is 0 Å². The monoisotopic (exact) mass is 182 g/mol. The molecule has 0 radical (unpaired) electrons. The Kier molecular flexibility index (Phi) is 3.82. The Bertz CT molecular complexity index is 144. The lowest BCUT2D eigenvalue weighted by Crippen LogP contribution is -2.30. The fourth-order valence-electron chi connectivity index (χ4n) is 2.70. The van der Waals surface area contributed by atoms with Crippen LogP contribution in [0.5, 0.6) is 0 Å². The van der Waals surface area contributed by atoms with Gasteiger partial charge < -0.3 is 0 Å². The van der Waals surface area contributed by atoms with Crippen LogP contribution >= 0.6 is 0 Å². The lowest BCUT2D eigenvalue weighted by atomic mass is 9.63. The van der Waals surface area contributed by atoms with Gasteiger partial charge in [0.25, 0.3) is 0 Å². The van der Waals surface area contributed by atoms with E-state index in [0.717, 1.165) is 17.3 Å². The summed E-state index contributed by atoms with van der Waals surface area (Å²) >= 11 is 0. The first-order chi connectivity index (χ1) is 6.11. The molecule has 78 valence electrons. The molecule has 0 aliphatic heterocycles. The molecule has 0 heterocycles. The summed E-state index contributed by atoms with van der Waals surface area (Å²) in [6.45, 7) is 9.60. The van der Waals surface area contributed by atoms with Gasteiger partial charge in [0.15, 0.2) is 0 Å². The van der Waals surface area contributed by atoms with Crippen molar-refractivity contribution in [3.63, 3.8) is 0 Å². The van der Waals surface area contributed by atoms with Crippen LogP contribution in [0.15, 0.2) is 0 Å². The highest BCUT2D eigenvalue weighted by Crippen LogP contribution is 2.47. The summed E-state index contributed by atoms with van der Waals surface area (Å²) in [6, 6.07) is 0. The van der Waals surface area contributed by atoms with Gasteiger partial charge in [-0.15, -0.1) is 0 Å². The van der Waals surface area contributed by atoms with Gasteiger partial charge in [0.1, 0.15) is 0 Å². The van der Waals surface area contributed by atoms with Gasteiger partial charge in [0, 0.05) is 0 Å². The average Bonchev–Trinajstić information content (AvgIpc) is 2.10. The quantitative estimate of drug-likeness (QED) is 0.581. The Morgan fingerprint density at radius 3 is 2.08 bits per heavy atom. The summed E-state index contributed by atoms with van der Waals surface area (Å²) in [5, 5.41) is 0. The summed E-state index contributed by atoms with van der Waals surface area (Å²) in [6.07, 6.45) is 8.67. The Morgan fingerprint density at radius 1 is 1.15 bits per heavy atom. The maximum absolute atomic E-state index is 2.49. The van der Waals surface area contributed by atoms with Crippen LogP contribution in [0.25, 0.3) is 0 Å². The highest BCUT2D eigenvalue weighted by molar-refractivity contribution is 4.86. The highest BCUT2D eigenvalue weighted by atomic mass is 14.4. The summed E-state index contributed by atoms with van der Waals surface area (Å²) in [5.41, 5.74) is 0.726. The highest BCUT2D eigenvalue weighted by Gasteiger charge is 2.34. The molecule has 1 rings (SSSR count). The van der Waals surface area contributed by atoms with Gasteiger partial charge >= 0.3 is 0 Å². The van der Waals surface area contributed by atoms with Crippen LogP contribution < -0.4 is 0 Å². The zero-order chi connectivity index (χ0) is 9.90. The second-order valence-corrected chi connectivity index (χ2v) is 5.42. The molecule has 13 heavy (non-hydrogen) atoms. The van der Waals surface area contributed by atoms with Crippen LogP contribution in [0.2, 0.25) is 0 Å². The minimum Gasteiger partial charge on any atom is -0.0651 e. The van der Waals surface area contributed by atoms with E-state index in [9.17, 15) is 0 Å². The standard InChI is InChI=1S/C13H26/c1-5-11(3)12(6-2)10-13(4)8-7-9-13/h11-12H,5-10H2,1-4H3. The van der Waals surface area contributed by atoms with E-state index in [1.807, 2.05) is 0 Å². The third-order valence-electron chi connectivity index (χ3n) is 4.29. The molecule has 0 amide bonds. The van der Waals surface area contributed by atoms with E-state index in [0.29, 0.717) is 0 Å². The number of hydrogen-bond donors (Lipinski definition) is 0. The molecule has 0 bridgehead atoms. The van der Waals surface area contributed by atoms with Crippen molar-refractivity contribution in [1.82, 2.24) is 0 Å². The molecule has 1 aliphatic carbocycles. The van der Waals surface area contributed by atoms with Crippen molar-refractivity contribution in [1.29, 1.82) is 0 Å². The van der Waals surface area contributed by atoms with Crippen molar-refractivity contribution in [2.75, 3.05) is 0 Å². The van der Waals surface area contributed by atoms with E-state index in [2.05, 4.69) is 27.7 Å². The van der Waals surface area contributed by atoms with Crippen molar-refractivity contribution in [2.45, 2.75) is 66.2 Å². The zero-order valence-electron chi connectivity index (χ0n) is 9.90. The lowest BCUT2D eigenvalue weighted by Gasteiger charge is -2.42. The maximum atomic E-state index is 2.49. The molecular weight excluding hydrogens is 156 g/mol. The van der Waals surface area contributed by atoms with E-state index in [4.69, 9.17) is 0 Å². The smallest absolute Gasteiger partial charge is 0.0323 e. The molecule has 0 saturated heterocycles. The van der Waals surface area contributed by atoms with Crippen molar-refractivity contribution in [3.05, 3.63) is 0 Å². The van der Waals surface area contributed by atoms with Crippen LogP contribution in [0, 0.1) is 17.3 Å². The Hall–Kier alpha value is 0. The van der Waals surface area contributed by atoms with Gasteiger partial charge in [-0.2, -0.15) is 0 Å². The molecular formula is C13H26. The van der Waals surface area contributed by atoms with E-state index in [-0.39, 0.29) is 0 Å². The average molecular weight is 182 g/mol. The largest absolute Gasteiger partial charge is 0.0651 e. The van der Waals surface area contributed by atoms with E-state index < -0.39 is 0 Å². The molecule has 0 aromatic rings. The number of hydrogen-bond acceptors (Lipinski definition) is 0. The molecule has 0 nitrogen and oxygen atoms in total. The third kappa shape index (κ3) is 2.72. The van der Waals surface area contributed by atoms with Crippen molar-refractivity contribution < 1.29 is 0 Å². The zero-order valence-corrected chi connectivity index (χ0v) is 9.90. The Morgan fingerprint density at radius 2 is 1.77 bits per heavy atom. The third-order valence-corrected chi connectivity index (χ3v) is 4.29. The van der Waals surface area contributed by atoms with Crippen molar-refractivity contribution in [2.24, 2.45) is 17.3 Å². The fraction of sp³-hybridized carbons (Fsp3) is 1.00. The minimum atomic E-state index is 0.726. The lowest BCUT2D eigenvalue weighted by molar-refractivity contribution is 0.0962. The molecule has 0 N–H and O–H groups in total. The molecule has 0 heteroatoms. The van der Waals surface area contributed by atoms with Gasteiger partial charge in [-0.05, 0) is 36.5 Å². The first-order valence-corrected chi connectivity index (χ1v) is 6.11. The first-order valence-electron chi connectivity index (χ1n) is 6.11. The molecule has 0 aromatic carbocycles. The van der Waals surface area contributed by atoms with Crippen LogP contribution in [0.3, 0.4) is 0 Å². The van der Waals surface area contributed by atoms with E-state index in [1.54, 1.807) is 0 Å². The number of rotatable bonds is 5. The SMILES string of the molecule is CCC(C)C(CC)CC1(C)CCC1.